The lowest BCUT2D eigenvalue weighted by Gasteiger charge is -2.14. The van der Waals surface area contributed by atoms with Crippen molar-refractivity contribution in [2.45, 2.75) is 6.54 Å². The number of thiophene rings is 1. The van der Waals surface area contributed by atoms with Crippen LogP contribution in [0.2, 0.25) is 0 Å². The second kappa shape index (κ2) is 3.90. The molecular formula is C9H11BrN2OS. The number of rotatable bonds is 2. The zero-order chi connectivity index (χ0) is 10.1. The number of carbonyl (C=O) groups is 1. The quantitative estimate of drug-likeness (QED) is 0.813. The lowest BCUT2D eigenvalue weighted by Crippen LogP contribution is -2.28. The lowest BCUT2D eigenvalue weighted by molar-refractivity contribution is 0.197. The molecule has 1 aromatic rings. The lowest BCUT2D eigenvalue weighted by atomic mass is 10.4. The van der Waals surface area contributed by atoms with E-state index in [-0.39, 0.29) is 6.03 Å². The fourth-order valence-electron chi connectivity index (χ4n) is 1.46. The van der Waals surface area contributed by atoms with E-state index in [1.54, 1.807) is 16.2 Å². The second-order valence-corrected chi connectivity index (χ2v) is 5.17. The highest BCUT2D eigenvalue weighted by molar-refractivity contribution is 9.10. The van der Waals surface area contributed by atoms with E-state index in [4.69, 9.17) is 0 Å². The van der Waals surface area contributed by atoms with Gasteiger partial charge in [0.05, 0.1) is 6.54 Å². The fraction of sp³-hybridized carbons (Fsp3) is 0.444. The first-order chi connectivity index (χ1) is 6.68. The van der Waals surface area contributed by atoms with Crippen molar-refractivity contribution in [1.82, 2.24) is 9.80 Å². The van der Waals surface area contributed by atoms with Crippen molar-refractivity contribution in [2.24, 2.45) is 0 Å². The molecule has 14 heavy (non-hydrogen) atoms. The van der Waals surface area contributed by atoms with Crippen molar-refractivity contribution in [3.8, 4) is 0 Å². The molecule has 2 amide bonds. The zero-order valence-electron chi connectivity index (χ0n) is 7.86. The number of likely N-dealkylation sites (N-methyl/N-ethyl adjacent to an activating group) is 1. The van der Waals surface area contributed by atoms with E-state index in [1.165, 1.54) is 4.88 Å². The van der Waals surface area contributed by atoms with Gasteiger partial charge in [0.15, 0.2) is 0 Å². The van der Waals surface area contributed by atoms with Gasteiger partial charge in [0.25, 0.3) is 0 Å². The highest BCUT2D eigenvalue weighted by atomic mass is 79.9. The predicted octanol–water partition coefficient (Wildman–Crippen LogP) is 2.38. The Hall–Kier alpha value is -0.550. The molecule has 2 heterocycles. The number of halogens is 1. The Kier molecular flexibility index (Phi) is 2.78. The zero-order valence-corrected chi connectivity index (χ0v) is 10.3. The molecule has 0 N–H and O–H groups in total. The third kappa shape index (κ3) is 1.79. The van der Waals surface area contributed by atoms with E-state index < -0.39 is 0 Å². The molecule has 0 unspecified atom stereocenters. The summed E-state index contributed by atoms with van der Waals surface area (Å²) in [6.07, 6.45) is 0. The third-order valence-electron chi connectivity index (χ3n) is 2.33. The van der Waals surface area contributed by atoms with Gasteiger partial charge in [-0.15, -0.1) is 11.3 Å². The normalized spacial score (nSPS) is 16.9. The van der Waals surface area contributed by atoms with Crippen molar-refractivity contribution in [3.05, 3.63) is 20.8 Å². The highest BCUT2D eigenvalue weighted by Crippen LogP contribution is 2.25. The first-order valence-corrected chi connectivity index (χ1v) is 6.07. The second-order valence-electron chi connectivity index (χ2n) is 3.32. The van der Waals surface area contributed by atoms with Crippen molar-refractivity contribution < 1.29 is 4.79 Å². The van der Waals surface area contributed by atoms with Gasteiger partial charge in [-0.2, -0.15) is 0 Å². The summed E-state index contributed by atoms with van der Waals surface area (Å²) in [6, 6.07) is 2.15. The predicted molar refractivity (Wildman–Crippen MR) is 60.5 cm³/mol. The van der Waals surface area contributed by atoms with Crippen LogP contribution < -0.4 is 0 Å². The Bertz CT molecular complexity index is 352. The number of amides is 2. The van der Waals surface area contributed by atoms with E-state index in [2.05, 4.69) is 15.9 Å². The Labute approximate surface area is 95.4 Å². The Morgan fingerprint density at radius 3 is 2.86 bits per heavy atom. The molecule has 0 saturated carbocycles. The van der Waals surface area contributed by atoms with Crippen LogP contribution in [0.25, 0.3) is 0 Å². The van der Waals surface area contributed by atoms with Crippen LogP contribution in [0.5, 0.6) is 0 Å². The molecular weight excluding hydrogens is 264 g/mol. The van der Waals surface area contributed by atoms with Crippen molar-refractivity contribution in [2.75, 3.05) is 20.1 Å². The largest absolute Gasteiger partial charge is 0.326 e. The number of urea groups is 1. The van der Waals surface area contributed by atoms with Crippen LogP contribution in [0.1, 0.15) is 4.88 Å². The molecule has 0 aliphatic carbocycles. The summed E-state index contributed by atoms with van der Waals surface area (Å²) in [5.41, 5.74) is 0. The summed E-state index contributed by atoms with van der Waals surface area (Å²) < 4.78 is 1.10. The SMILES string of the molecule is CN1CCN(Cc2sccc2Br)C1=O. The van der Waals surface area contributed by atoms with E-state index in [0.717, 1.165) is 24.1 Å². The van der Waals surface area contributed by atoms with Crippen molar-refractivity contribution >= 4 is 33.3 Å². The van der Waals surface area contributed by atoms with E-state index in [9.17, 15) is 4.79 Å². The summed E-state index contributed by atoms with van der Waals surface area (Å²) in [7, 11) is 1.84. The first kappa shape index (κ1) is 9.98. The van der Waals surface area contributed by atoms with Crippen LogP contribution in [0.3, 0.4) is 0 Å². The molecule has 3 nitrogen and oxygen atoms in total. The van der Waals surface area contributed by atoms with Gasteiger partial charge in [0.2, 0.25) is 0 Å². The van der Waals surface area contributed by atoms with Gasteiger partial charge in [-0.3, -0.25) is 0 Å². The van der Waals surface area contributed by atoms with Gasteiger partial charge in [0, 0.05) is 29.5 Å². The highest BCUT2D eigenvalue weighted by Gasteiger charge is 2.25. The van der Waals surface area contributed by atoms with Crippen LogP contribution in [0.15, 0.2) is 15.9 Å². The minimum absolute atomic E-state index is 0.130. The molecule has 76 valence electrons. The van der Waals surface area contributed by atoms with Crippen molar-refractivity contribution in [1.29, 1.82) is 0 Å². The molecule has 0 aromatic carbocycles. The van der Waals surface area contributed by atoms with E-state index in [0.29, 0.717) is 0 Å². The summed E-state index contributed by atoms with van der Waals surface area (Å²) in [4.78, 5) is 16.4. The molecule has 0 radical (unpaired) electrons. The van der Waals surface area contributed by atoms with Crippen molar-refractivity contribution in [3.63, 3.8) is 0 Å². The molecule has 1 aromatic heterocycles. The minimum atomic E-state index is 0.130. The Morgan fingerprint density at radius 1 is 1.57 bits per heavy atom. The first-order valence-electron chi connectivity index (χ1n) is 4.40. The summed E-state index contributed by atoms with van der Waals surface area (Å²) in [5, 5.41) is 2.03. The molecule has 5 heteroatoms. The summed E-state index contributed by atoms with van der Waals surface area (Å²) in [5.74, 6) is 0. The van der Waals surface area contributed by atoms with Gasteiger partial charge in [-0.25, -0.2) is 4.79 Å². The number of nitrogens with zero attached hydrogens (tertiary/aromatic N) is 2. The molecule has 1 fully saturated rings. The van der Waals surface area contributed by atoms with E-state index in [1.807, 2.05) is 23.4 Å². The average molecular weight is 275 g/mol. The molecule has 2 rings (SSSR count). The summed E-state index contributed by atoms with van der Waals surface area (Å²) >= 11 is 5.15. The molecule has 1 aliphatic rings. The number of hydrogen-bond donors (Lipinski definition) is 0. The van der Waals surface area contributed by atoms with Crippen LogP contribution in [0.4, 0.5) is 4.79 Å². The van der Waals surface area contributed by atoms with Crippen LogP contribution >= 0.6 is 27.3 Å². The molecule has 1 saturated heterocycles. The monoisotopic (exact) mass is 274 g/mol. The summed E-state index contributed by atoms with van der Waals surface area (Å²) in [6.45, 7) is 2.39. The maximum Gasteiger partial charge on any atom is 0.320 e. The molecule has 0 spiro atoms. The Morgan fingerprint density at radius 2 is 2.36 bits per heavy atom. The molecule has 0 bridgehead atoms. The standard InChI is InChI=1S/C9H11BrN2OS/c1-11-3-4-12(9(11)13)6-8-7(10)2-5-14-8/h2,5H,3-4,6H2,1H3. The fourth-order valence-corrected chi connectivity index (χ4v) is 2.95. The van der Waals surface area contributed by atoms with E-state index >= 15 is 0 Å². The topological polar surface area (TPSA) is 23.6 Å². The third-order valence-corrected chi connectivity index (χ3v) is 4.24. The van der Waals surface area contributed by atoms with Gasteiger partial charge < -0.3 is 9.80 Å². The maximum atomic E-state index is 11.6. The number of carbonyl (C=O) groups excluding carboxylic acids is 1. The van der Waals surface area contributed by atoms with Gasteiger partial charge >= 0.3 is 6.03 Å². The van der Waals surface area contributed by atoms with Gasteiger partial charge in [-0.1, -0.05) is 0 Å². The Balaban J connectivity index is 2.06. The number of hydrogen-bond acceptors (Lipinski definition) is 2. The smallest absolute Gasteiger partial charge is 0.320 e. The van der Waals surface area contributed by atoms with Crippen LogP contribution in [-0.4, -0.2) is 36.0 Å². The van der Waals surface area contributed by atoms with Crippen LogP contribution in [0, 0.1) is 0 Å². The average Bonchev–Trinajstić information content (AvgIpc) is 2.68. The molecule has 1 aliphatic heterocycles. The van der Waals surface area contributed by atoms with Gasteiger partial charge in [0.1, 0.15) is 0 Å². The minimum Gasteiger partial charge on any atom is -0.326 e. The molecule has 0 atom stereocenters. The van der Waals surface area contributed by atoms with Crippen LogP contribution in [-0.2, 0) is 6.54 Å². The van der Waals surface area contributed by atoms with Gasteiger partial charge in [-0.05, 0) is 27.4 Å². The maximum absolute atomic E-state index is 11.6.